The van der Waals surface area contributed by atoms with Gasteiger partial charge in [0.15, 0.2) is 0 Å². The summed E-state index contributed by atoms with van der Waals surface area (Å²) in [6.07, 6.45) is 0. The third-order valence-electron chi connectivity index (χ3n) is 3.06. The number of rotatable bonds is 3. The number of methoxy groups -OCH3 is 2. The average Bonchev–Trinajstić information content (AvgIpc) is 2.93. The second-order valence-electron chi connectivity index (χ2n) is 4.26. The van der Waals surface area contributed by atoms with Crippen LogP contribution in [0.1, 0.15) is 0 Å². The molecule has 0 saturated heterocycles. The Bertz CT molecular complexity index is 819. The van der Waals surface area contributed by atoms with E-state index in [1.54, 1.807) is 26.4 Å². The number of fused-ring (bicyclic) bond motifs is 1. The quantitative estimate of drug-likeness (QED) is 0.798. The van der Waals surface area contributed by atoms with Crippen LogP contribution in [0.3, 0.4) is 0 Å². The molecule has 2 heterocycles. The van der Waals surface area contributed by atoms with Crippen molar-refractivity contribution < 1.29 is 9.47 Å². The average molecular weight is 322 g/mol. The maximum absolute atomic E-state index is 6.39. The third-order valence-corrected chi connectivity index (χ3v) is 4.17. The topological polar surface area (TPSA) is 70.3 Å². The zero-order chi connectivity index (χ0) is 15.0. The van der Waals surface area contributed by atoms with Gasteiger partial charge >= 0.3 is 0 Å². The van der Waals surface area contributed by atoms with Gasteiger partial charge in [0, 0.05) is 11.5 Å². The normalized spacial score (nSPS) is 10.8. The molecule has 0 fully saturated rings. The van der Waals surface area contributed by atoms with Crippen LogP contribution in [0.5, 0.6) is 11.5 Å². The van der Waals surface area contributed by atoms with Crippen molar-refractivity contribution in [2.75, 3.05) is 20.0 Å². The van der Waals surface area contributed by atoms with Gasteiger partial charge < -0.3 is 15.2 Å². The first kappa shape index (κ1) is 13.9. The minimum atomic E-state index is 0.203. The van der Waals surface area contributed by atoms with E-state index >= 15 is 0 Å². The number of nitrogens with two attached hydrogens (primary N) is 1. The predicted octanol–water partition coefficient (Wildman–Crippen LogP) is 3.61. The monoisotopic (exact) mass is 321 g/mol. The number of benzene rings is 1. The van der Waals surface area contributed by atoms with Crippen molar-refractivity contribution in [1.29, 1.82) is 0 Å². The van der Waals surface area contributed by atoms with Crippen LogP contribution >= 0.6 is 22.9 Å². The molecule has 7 heteroatoms. The molecule has 0 bridgehead atoms. The van der Waals surface area contributed by atoms with Gasteiger partial charge in [-0.1, -0.05) is 11.6 Å². The fraction of sp³-hybridized carbons (Fsp3) is 0.143. The minimum absolute atomic E-state index is 0.203. The molecule has 108 valence electrons. The SMILES string of the molecule is COc1cc(Cl)c(-c2nc(N)nc3sccc23)c(OC)c1. The van der Waals surface area contributed by atoms with Crippen molar-refractivity contribution in [2.24, 2.45) is 0 Å². The Morgan fingerprint density at radius 2 is 2.00 bits per heavy atom. The van der Waals surface area contributed by atoms with E-state index in [2.05, 4.69) is 9.97 Å². The van der Waals surface area contributed by atoms with Crippen LogP contribution in [0.25, 0.3) is 21.5 Å². The summed E-state index contributed by atoms with van der Waals surface area (Å²) in [4.78, 5) is 9.37. The zero-order valence-corrected chi connectivity index (χ0v) is 13.0. The predicted molar refractivity (Wildman–Crippen MR) is 85.4 cm³/mol. The molecule has 1 aromatic carbocycles. The van der Waals surface area contributed by atoms with E-state index in [0.717, 1.165) is 10.2 Å². The molecule has 0 unspecified atom stereocenters. The van der Waals surface area contributed by atoms with Gasteiger partial charge in [-0.15, -0.1) is 11.3 Å². The van der Waals surface area contributed by atoms with Crippen molar-refractivity contribution in [3.05, 3.63) is 28.6 Å². The van der Waals surface area contributed by atoms with Crippen LogP contribution in [0.2, 0.25) is 5.02 Å². The summed E-state index contributed by atoms with van der Waals surface area (Å²) in [6, 6.07) is 5.42. The van der Waals surface area contributed by atoms with E-state index in [-0.39, 0.29) is 5.95 Å². The molecule has 0 spiro atoms. The number of ether oxygens (including phenoxy) is 2. The van der Waals surface area contributed by atoms with E-state index < -0.39 is 0 Å². The summed E-state index contributed by atoms with van der Waals surface area (Å²) >= 11 is 7.89. The Kier molecular flexibility index (Phi) is 3.57. The number of anilines is 1. The molecule has 21 heavy (non-hydrogen) atoms. The largest absolute Gasteiger partial charge is 0.497 e. The van der Waals surface area contributed by atoms with Crippen LogP contribution < -0.4 is 15.2 Å². The summed E-state index contributed by atoms with van der Waals surface area (Å²) in [7, 11) is 3.15. The highest BCUT2D eigenvalue weighted by Gasteiger charge is 2.18. The smallest absolute Gasteiger partial charge is 0.221 e. The first-order chi connectivity index (χ1) is 10.1. The second-order valence-corrected chi connectivity index (χ2v) is 5.56. The van der Waals surface area contributed by atoms with Crippen molar-refractivity contribution in [1.82, 2.24) is 9.97 Å². The fourth-order valence-corrected chi connectivity index (χ4v) is 3.19. The molecular formula is C14H12ClN3O2S. The van der Waals surface area contributed by atoms with Gasteiger partial charge in [-0.3, -0.25) is 0 Å². The Hall–Kier alpha value is -2.05. The minimum Gasteiger partial charge on any atom is -0.497 e. The highest BCUT2D eigenvalue weighted by Crippen LogP contribution is 2.42. The van der Waals surface area contributed by atoms with Crippen molar-refractivity contribution in [2.45, 2.75) is 0 Å². The van der Waals surface area contributed by atoms with Gasteiger partial charge in [-0.05, 0) is 17.5 Å². The van der Waals surface area contributed by atoms with Gasteiger partial charge in [-0.25, -0.2) is 9.97 Å². The fourth-order valence-electron chi connectivity index (χ4n) is 2.13. The third kappa shape index (κ3) is 2.36. The summed E-state index contributed by atoms with van der Waals surface area (Å²) < 4.78 is 10.6. The molecule has 0 aliphatic heterocycles. The van der Waals surface area contributed by atoms with E-state index in [1.165, 1.54) is 11.3 Å². The lowest BCUT2D eigenvalue weighted by molar-refractivity contribution is 0.395. The summed E-state index contributed by atoms with van der Waals surface area (Å²) in [5.41, 5.74) is 7.13. The summed E-state index contributed by atoms with van der Waals surface area (Å²) in [6.45, 7) is 0. The zero-order valence-electron chi connectivity index (χ0n) is 11.4. The Balaban J connectivity index is 2.34. The van der Waals surface area contributed by atoms with Crippen LogP contribution in [0.15, 0.2) is 23.6 Å². The van der Waals surface area contributed by atoms with E-state index in [9.17, 15) is 0 Å². The lowest BCUT2D eigenvalue weighted by Crippen LogP contribution is -1.99. The first-order valence-corrected chi connectivity index (χ1v) is 7.32. The van der Waals surface area contributed by atoms with Gasteiger partial charge in [-0.2, -0.15) is 0 Å². The lowest BCUT2D eigenvalue weighted by Gasteiger charge is -2.13. The molecule has 3 aromatic rings. The molecule has 3 rings (SSSR count). The Morgan fingerprint density at radius 3 is 2.71 bits per heavy atom. The maximum Gasteiger partial charge on any atom is 0.221 e. The molecule has 5 nitrogen and oxygen atoms in total. The number of nitrogen functional groups attached to an aromatic ring is 1. The van der Waals surface area contributed by atoms with Gasteiger partial charge in [0.2, 0.25) is 5.95 Å². The van der Waals surface area contributed by atoms with E-state index in [4.69, 9.17) is 26.8 Å². The molecule has 0 saturated carbocycles. The van der Waals surface area contributed by atoms with Gasteiger partial charge in [0.1, 0.15) is 16.3 Å². The highest BCUT2D eigenvalue weighted by atomic mass is 35.5. The lowest BCUT2D eigenvalue weighted by atomic mass is 10.1. The molecule has 0 radical (unpaired) electrons. The molecule has 0 aliphatic rings. The number of thiophene rings is 1. The molecule has 2 N–H and O–H groups in total. The standard InChI is InChI=1S/C14H12ClN3O2S/c1-19-7-5-9(15)11(10(6-7)20-2)12-8-3-4-21-13(8)18-14(16)17-12/h3-6H,1-2H3,(H2,16,17,18). The second kappa shape index (κ2) is 5.38. The van der Waals surface area contributed by atoms with Crippen molar-refractivity contribution in [3.8, 4) is 22.8 Å². The van der Waals surface area contributed by atoms with Gasteiger partial charge in [0.05, 0.1) is 30.5 Å². The van der Waals surface area contributed by atoms with E-state index in [0.29, 0.717) is 27.8 Å². The Labute approximate surface area is 130 Å². The summed E-state index contributed by atoms with van der Waals surface area (Å²) in [5, 5.41) is 3.31. The number of hydrogen-bond donors (Lipinski definition) is 1. The van der Waals surface area contributed by atoms with E-state index in [1.807, 2.05) is 11.4 Å². The first-order valence-electron chi connectivity index (χ1n) is 6.06. The number of halogens is 1. The van der Waals surface area contributed by atoms with Crippen LogP contribution in [-0.2, 0) is 0 Å². The van der Waals surface area contributed by atoms with Gasteiger partial charge in [0.25, 0.3) is 0 Å². The number of aromatic nitrogens is 2. The molecule has 0 atom stereocenters. The van der Waals surface area contributed by atoms with Crippen LogP contribution in [0.4, 0.5) is 5.95 Å². The highest BCUT2D eigenvalue weighted by molar-refractivity contribution is 7.16. The van der Waals surface area contributed by atoms with Crippen LogP contribution in [-0.4, -0.2) is 24.2 Å². The van der Waals surface area contributed by atoms with Crippen molar-refractivity contribution >= 4 is 39.1 Å². The Morgan fingerprint density at radius 1 is 1.19 bits per heavy atom. The molecular weight excluding hydrogens is 310 g/mol. The molecule has 2 aromatic heterocycles. The van der Waals surface area contributed by atoms with Crippen LogP contribution in [0, 0.1) is 0 Å². The molecule has 0 aliphatic carbocycles. The number of nitrogens with zero attached hydrogens (tertiary/aromatic N) is 2. The molecule has 0 amide bonds. The maximum atomic E-state index is 6.39. The number of hydrogen-bond acceptors (Lipinski definition) is 6. The van der Waals surface area contributed by atoms with Crippen molar-refractivity contribution in [3.63, 3.8) is 0 Å². The summed E-state index contributed by atoms with van der Waals surface area (Å²) in [5.74, 6) is 1.39.